The van der Waals surface area contributed by atoms with Gasteiger partial charge in [-0.1, -0.05) is 6.07 Å². The van der Waals surface area contributed by atoms with Crippen molar-refractivity contribution in [3.8, 4) is 5.88 Å². The Morgan fingerprint density at radius 3 is 2.81 bits per heavy atom. The Labute approximate surface area is 125 Å². The molecule has 2 fully saturated rings. The highest BCUT2D eigenvalue weighted by Gasteiger charge is 2.45. The van der Waals surface area contributed by atoms with Crippen molar-refractivity contribution in [2.45, 2.75) is 31.5 Å². The molecule has 0 unspecified atom stereocenters. The molecule has 0 N–H and O–H groups in total. The molecular weight excluding hydrogens is 290 g/mol. The van der Waals surface area contributed by atoms with Gasteiger partial charge in [-0.3, -0.25) is 4.90 Å². The fourth-order valence-corrected chi connectivity index (χ4v) is 4.77. The molecule has 3 heterocycles. The van der Waals surface area contributed by atoms with Crippen LogP contribution in [-0.2, 0) is 16.6 Å². The average molecular weight is 311 g/mol. The van der Waals surface area contributed by atoms with Gasteiger partial charge in [-0.25, -0.2) is 13.4 Å². The molecule has 6 nitrogen and oxygen atoms in total. The summed E-state index contributed by atoms with van der Waals surface area (Å²) in [4.78, 5) is 6.58. The lowest BCUT2D eigenvalue weighted by atomic mass is 10.1. The average Bonchev–Trinajstić information content (AvgIpc) is 3.01. The molecule has 0 aliphatic carbocycles. The van der Waals surface area contributed by atoms with E-state index >= 15 is 0 Å². The molecule has 0 amide bonds. The summed E-state index contributed by atoms with van der Waals surface area (Å²) in [7, 11) is -1.47. The van der Waals surface area contributed by atoms with Crippen molar-refractivity contribution in [3.63, 3.8) is 0 Å². The summed E-state index contributed by atoms with van der Waals surface area (Å²) < 4.78 is 30.6. The summed E-state index contributed by atoms with van der Waals surface area (Å²) in [6, 6.07) is 4.36. The normalized spacial score (nSPS) is 27.0. The van der Waals surface area contributed by atoms with Crippen LogP contribution in [0.1, 0.15) is 18.4 Å². The van der Waals surface area contributed by atoms with E-state index in [1.54, 1.807) is 17.6 Å². The Hall–Kier alpha value is -1.18. The number of aromatic nitrogens is 1. The molecule has 7 heteroatoms. The summed E-state index contributed by atoms with van der Waals surface area (Å²) in [5.41, 5.74) is 1.05. The zero-order valence-corrected chi connectivity index (χ0v) is 13.2. The topological polar surface area (TPSA) is 62.7 Å². The Morgan fingerprint density at radius 1 is 1.33 bits per heavy atom. The van der Waals surface area contributed by atoms with Gasteiger partial charge in [0.1, 0.15) is 0 Å². The van der Waals surface area contributed by atoms with Gasteiger partial charge in [0.2, 0.25) is 15.9 Å². The number of methoxy groups -OCH3 is 1. The molecular formula is C14H21N3O3S. The minimum Gasteiger partial charge on any atom is -0.481 e. The van der Waals surface area contributed by atoms with Crippen LogP contribution in [0.3, 0.4) is 0 Å². The number of sulfonamides is 1. The molecule has 0 bridgehead atoms. The van der Waals surface area contributed by atoms with E-state index in [2.05, 4.69) is 9.88 Å². The van der Waals surface area contributed by atoms with Crippen LogP contribution in [0.25, 0.3) is 0 Å². The van der Waals surface area contributed by atoms with Crippen LogP contribution in [-0.4, -0.2) is 61.1 Å². The minimum atomic E-state index is -3.10. The predicted molar refractivity (Wildman–Crippen MR) is 79.6 cm³/mol. The quantitative estimate of drug-likeness (QED) is 0.819. The van der Waals surface area contributed by atoms with Gasteiger partial charge in [-0.05, 0) is 18.9 Å². The first-order valence-electron chi connectivity index (χ1n) is 7.19. The number of likely N-dealkylation sites (tertiary alicyclic amines) is 1. The summed E-state index contributed by atoms with van der Waals surface area (Å²) in [5, 5.41) is 0. The van der Waals surface area contributed by atoms with Gasteiger partial charge in [-0.15, -0.1) is 0 Å². The predicted octanol–water partition coefficient (Wildman–Crippen LogP) is 0.698. The molecule has 0 radical (unpaired) electrons. The molecule has 21 heavy (non-hydrogen) atoms. The molecule has 2 atom stereocenters. The summed E-state index contributed by atoms with van der Waals surface area (Å²) in [5.74, 6) is 0.652. The van der Waals surface area contributed by atoms with Crippen LogP contribution in [0.4, 0.5) is 0 Å². The lowest BCUT2D eigenvalue weighted by molar-refractivity contribution is 0.236. The van der Waals surface area contributed by atoms with E-state index in [1.165, 1.54) is 6.26 Å². The lowest BCUT2D eigenvalue weighted by Crippen LogP contribution is -2.39. The first kappa shape index (κ1) is 14.7. The smallest absolute Gasteiger partial charge is 0.217 e. The third kappa shape index (κ3) is 2.77. The third-order valence-corrected chi connectivity index (χ3v) is 5.79. The molecule has 1 aromatic heterocycles. The standard InChI is InChI=1S/C14H21N3O3S/c1-20-14-11(4-3-7-15-14)10-16-8-5-13-12(16)6-9-17(13)21(2,18)19/h3-4,7,12-13H,5-6,8-10H2,1-2H3/t12-,13+/m0/s1. The fraction of sp³-hybridized carbons (Fsp3) is 0.643. The minimum absolute atomic E-state index is 0.127. The van der Waals surface area contributed by atoms with Crippen molar-refractivity contribution >= 4 is 10.0 Å². The molecule has 2 aliphatic heterocycles. The van der Waals surface area contributed by atoms with E-state index in [4.69, 9.17) is 4.74 Å². The highest BCUT2D eigenvalue weighted by molar-refractivity contribution is 7.88. The Kier molecular flexibility index (Phi) is 3.90. The largest absolute Gasteiger partial charge is 0.481 e. The van der Waals surface area contributed by atoms with Gasteiger partial charge in [0.15, 0.2) is 0 Å². The first-order chi connectivity index (χ1) is 10.0. The maximum atomic E-state index is 11.8. The van der Waals surface area contributed by atoms with Gasteiger partial charge < -0.3 is 4.74 Å². The van der Waals surface area contributed by atoms with E-state index in [-0.39, 0.29) is 6.04 Å². The zero-order valence-electron chi connectivity index (χ0n) is 12.4. The molecule has 0 saturated carbocycles. The number of hydrogen-bond acceptors (Lipinski definition) is 5. The zero-order chi connectivity index (χ0) is 15.0. The van der Waals surface area contributed by atoms with Crippen LogP contribution in [0.2, 0.25) is 0 Å². The van der Waals surface area contributed by atoms with Gasteiger partial charge >= 0.3 is 0 Å². The highest BCUT2D eigenvalue weighted by atomic mass is 32.2. The van der Waals surface area contributed by atoms with Crippen molar-refractivity contribution in [2.75, 3.05) is 26.5 Å². The highest BCUT2D eigenvalue weighted by Crippen LogP contribution is 2.34. The Bertz CT molecular complexity index is 620. The third-order valence-electron chi connectivity index (χ3n) is 4.48. The van der Waals surface area contributed by atoms with Crippen LogP contribution in [0.5, 0.6) is 5.88 Å². The number of fused-ring (bicyclic) bond motifs is 1. The van der Waals surface area contributed by atoms with E-state index < -0.39 is 10.0 Å². The van der Waals surface area contributed by atoms with Gasteiger partial charge in [0.25, 0.3) is 0 Å². The van der Waals surface area contributed by atoms with Crippen LogP contribution in [0.15, 0.2) is 18.3 Å². The summed E-state index contributed by atoms with van der Waals surface area (Å²) in [6.07, 6.45) is 4.83. The maximum Gasteiger partial charge on any atom is 0.217 e. The van der Waals surface area contributed by atoms with Crippen molar-refractivity contribution in [1.29, 1.82) is 0 Å². The lowest BCUT2D eigenvalue weighted by Gasteiger charge is -2.24. The fourth-order valence-electron chi connectivity index (χ4n) is 3.59. The second-order valence-corrected chi connectivity index (χ2v) is 7.66. The second-order valence-electron chi connectivity index (χ2n) is 5.73. The van der Waals surface area contributed by atoms with Crippen molar-refractivity contribution in [3.05, 3.63) is 23.9 Å². The number of ether oxygens (including phenoxy) is 1. The van der Waals surface area contributed by atoms with Crippen molar-refractivity contribution < 1.29 is 13.2 Å². The molecule has 2 aliphatic rings. The second kappa shape index (κ2) is 5.55. The molecule has 0 aromatic carbocycles. The van der Waals surface area contributed by atoms with Crippen molar-refractivity contribution in [1.82, 2.24) is 14.2 Å². The van der Waals surface area contributed by atoms with Crippen molar-refractivity contribution in [2.24, 2.45) is 0 Å². The molecule has 2 saturated heterocycles. The first-order valence-corrected chi connectivity index (χ1v) is 9.04. The number of rotatable bonds is 4. The van der Waals surface area contributed by atoms with E-state index in [9.17, 15) is 8.42 Å². The van der Waals surface area contributed by atoms with Crippen LogP contribution >= 0.6 is 0 Å². The van der Waals surface area contributed by atoms with E-state index in [1.807, 2.05) is 12.1 Å². The summed E-state index contributed by atoms with van der Waals surface area (Å²) >= 11 is 0. The summed E-state index contributed by atoms with van der Waals surface area (Å²) in [6.45, 7) is 2.31. The maximum absolute atomic E-state index is 11.8. The molecule has 116 valence electrons. The number of pyridine rings is 1. The van der Waals surface area contributed by atoms with E-state index in [0.29, 0.717) is 18.5 Å². The molecule has 0 spiro atoms. The van der Waals surface area contributed by atoms with Gasteiger partial charge in [-0.2, -0.15) is 4.31 Å². The Morgan fingerprint density at radius 2 is 2.10 bits per heavy atom. The van der Waals surface area contributed by atoms with Crippen LogP contribution < -0.4 is 4.74 Å². The van der Waals surface area contributed by atoms with Gasteiger partial charge in [0, 0.05) is 43.5 Å². The van der Waals surface area contributed by atoms with Gasteiger partial charge in [0.05, 0.1) is 13.4 Å². The number of hydrogen-bond donors (Lipinski definition) is 0. The number of nitrogens with zero attached hydrogens (tertiary/aromatic N) is 3. The van der Waals surface area contributed by atoms with Crippen LogP contribution in [0, 0.1) is 0 Å². The SMILES string of the molecule is COc1ncccc1CN1CC[C@@H]2[C@@H]1CCN2S(C)(=O)=O. The molecule has 1 aromatic rings. The Balaban J connectivity index is 1.75. The van der Waals surface area contributed by atoms with E-state index in [0.717, 1.165) is 31.5 Å². The molecule has 3 rings (SSSR count). The monoisotopic (exact) mass is 311 g/mol.